The van der Waals surface area contributed by atoms with Gasteiger partial charge in [-0.25, -0.2) is 0 Å². The van der Waals surface area contributed by atoms with E-state index < -0.39 is 10.8 Å². The van der Waals surface area contributed by atoms with Crippen molar-refractivity contribution < 1.29 is 14.5 Å². The molecule has 0 aromatic heterocycles. The molecule has 134 valence electrons. The van der Waals surface area contributed by atoms with Gasteiger partial charge in [-0.1, -0.05) is 41.9 Å². The lowest BCUT2D eigenvalue weighted by atomic mass is 10.1. The van der Waals surface area contributed by atoms with Crippen molar-refractivity contribution in [3.05, 3.63) is 69.2 Å². The number of hydrogen-bond acceptors (Lipinski definition) is 4. The molecule has 26 heavy (non-hydrogen) atoms. The third kappa shape index (κ3) is 4.00. The maximum Gasteiger partial charge on any atom is 0.289 e. The Kier molecular flexibility index (Phi) is 5.18. The summed E-state index contributed by atoms with van der Waals surface area (Å²) in [5, 5.41) is 13.6. The third-order valence-electron chi connectivity index (χ3n) is 4.21. The molecule has 0 bridgehead atoms. The maximum absolute atomic E-state index is 12.4. The van der Waals surface area contributed by atoms with Gasteiger partial charge < -0.3 is 10.2 Å². The van der Waals surface area contributed by atoms with Crippen molar-refractivity contribution >= 4 is 34.8 Å². The number of nitrogens with zero attached hydrogens (tertiary/aromatic N) is 2. The fourth-order valence-electron chi connectivity index (χ4n) is 2.88. The molecule has 7 nitrogen and oxygen atoms in total. The van der Waals surface area contributed by atoms with E-state index in [9.17, 15) is 19.7 Å². The molecule has 2 aromatic rings. The van der Waals surface area contributed by atoms with Crippen LogP contribution in [0.5, 0.6) is 0 Å². The first-order chi connectivity index (χ1) is 12.4. The predicted octanol–water partition coefficient (Wildman–Crippen LogP) is 3.24. The number of hydrogen-bond donors (Lipinski definition) is 1. The molecule has 8 heteroatoms. The van der Waals surface area contributed by atoms with Crippen LogP contribution < -0.4 is 5.32 Å². The first-order valence-electron chi connectivity index (χ1n) is 8.00. The van der Waals surface area contributed by atoms with Crippen LogP contribution in [0.3, 0.4) is 0 Å². The van der Waals surface area contributed by atoms with E-state index >= 15 is 0 Å². The molecule has 0 saturated carbocycles. The van der Waals surface area contributed by atoms with Crippen LogP contribution in [0.1, 0.15) is 12.0 Å². The number of rotatable bonds is 5. The standard InChI is InChI=1S/C18H16ClN3O4/c19-15-7-6-14(9-16(15)22(25)26)20-18(24)13-8-17(23)21(11-13)10-12-4-2-1-3-5-12/h1-7,9,13H,8,10-11H2,(H,20,24). The molecule has 0 spiro atoms. The van der Waals surface area contributed by atoms with Gasteiger partial charge >= 0.3 is 0 Å². The lowest BCUT2D eigenvalue weighted by molar-refractivity contribution is -0.384. The summed E-state index contributed by atoms with van der Waals surface area (Å²) in [4.78, 5) is 36.6. The molecule has 1 heterocycles. The Balaban J connectivity index is 1.65. The zero-order chi connectivity index (χ0) is 18.7. The number of carbonyl (C=O) groups is 2. The smallest absolute Gasteiger partial charge is 0.289 e. The van der Waals surface area contributed by atoms with Gasteiger partial charge in [-0.3, -0.25) is 19.7 Å². The van der Waals surface area contributed by atoms with Gasteiger partial charge in [-0.05, 0) is 17.7 Å². The Bertz CT molecular complexity index is 857. The number of halogens is 1. The van der Waals surface area contributed by atoms with Crippen LogP contribution in [0.4, 0.5) is 11.4 Å². The summed E-state index contributed by atoms with van der Waals surface area (Å²) in [6.45, 7) is 0.769. The Morgan fingerprint density at radius 1 is 1.27 bits per heavy atom. The molecule has 0 radical (unpaired) electrons. The summed E-state index contributed by atoms with van der Waals surface area (Å²) in [6, 6.07) is 13.6. The zero-order valence-corrected chi connectivity index (χ0v) is 14.5. The van der Waals surface area contributed by atoms with Crippen LogP contribution in [0.15, 0.2) is 48.5 Å². The number of nitro benzene ring substituents is 1. The Hall–Kier alpha value is -2.93. The van der Waals surface area contributed by atoms with Crippen molar-refractivity contribution in [1.29, 1.82) is 0 Å². The average molecular weight is 374 g/mol. The predicted molar refractivity (Wildman–Crippen MR) is 96.7 cm³/mol. The number of amides is 2. The van der Waals surface area contributed by atoms with Gasteiger partial charge in [0.25, 0.3) is 5.69 Å². The van der Waals surface area contributed by atoms with E-state index in [0.717, 1.165) is 5.56 Å². The Morgan fingerprint density at radius 3 is 2.69 bits per heavy atom. The topological polar surface area (TPSA) is 92.5 Å². The van der Waals surface area contributed by atoms with Crippen molar-refractivity contribution in [3.8, 4) is 0 Å². The number of likely N-dealkylation sites (tertiary alicyclic amines) is 1. The van der Waals surface area contributed by atoms with Crippen molar-refractivity contribution in [2.75, 3.05) is 11.9 Å². The van der Waals surface area contributed by atoms with E-state index in [1.54, 1.807) is 4.90 Å². The Morgan fingerprint density at radius 2 is 2.00 bits per heavy atom. The fourth-order valence-corrected chi connectivity index (χ4v) is 3.07. The van der Waals surface area contributed by atoms with E-state index in [-0.39, 0.29) is 34.6 Å². The minimum Gasteiger partial charge on any atom is -0.338 e. The summed E-state index contributed by atoms with van der Waals surface area (Å²) >= 11 is 5.76. The van der Waals surface area contributed by atoms with Crippen LogP contribution in [0.2, 0.25) is 5.02 Å². The van der Waals surface area contributed by atoms with Gasteiger partial charge in [0.1, 0.15) is 5.02 Å². The van der Waals surface area contributed by atoms with E-state index in [4.69, 9.17) is 11.6 Å². The third-order valence-corrected chi connectivity index (χ3v) is 4.53. The number of carbonyl (C=O) groups excluding carboxylic acids is 2. The highest BCUT2D eigenvalue weighted by molar-refractivity contribution is 6.32. The molecule has 1 fully saturated rings. The molecule has 1 saturated heterocycles. The van der Waals surface area contributed by atoms with Gasteiger partial charge in [0.2, 0.25) is 11.8 Å². The summed E-state index contributed by atoms with van der Waals surface area (Å²) < 4.78 is 0. The van der Waals surface area contributed by atoms with Gasteiger partial charge in [0.15, 0.2) is 0 Å². The van der Waals surface area contributed by atoms with E-state index in [1.807, 2.05) is 30.3 Å². The van der Waals surface area contributed by atoms with Gasteiger partial charge in [0.05, 0.1) is 10.8 Å². The number of nitro groups is 1. The second-order valence-corrected chi connectivity index (χ2v) is 6.48. The first kappa shape index (κ1) is 17.9. The van der Waals surface area contributed by atoms with Gasteiger partial charge in [-0.2, -0.15) is 0 Å². The molecule has 3 rings (SSSR count). The zero-order valence-electron chi connectivity index (χ0n) is 13.7. The molecule has 0 aliphatic carbocycles. The molecule has 2 aromatic carbocycles. The van der Waals surface area contributed by atoms with Crippen molar-refractivity contribution in [3.63, 3.8) is 0 Å². The minimum atomic E-state index is -0.612. The second-order valence-electron chi connectivity index (χ2n) is 6.07. The highest BCUT2D eigenvalue weighted by Gasteiger charge is 2.34. The summed E-state index contributed by atoms with van der Waals surface area (Å²) in [5.74, 6) is -0.928. The molecule has 1 aliphatic heterocycles. The van der Waals surface area contributed by atoms with Crippen molar-refractivity contribution in [1.82, 2.24) is 4.90 Å². The first-order valence-corrected chi connectivity index (χ1v) is 8.38. The van der Waals surface area contributed by atoms with Gasteiger partial charge in [0, 0.05) is 31.3 Å². The number of benzene rings is 2. The summed E-state index contributed by atoms with van der Waals surface area (Å²) in [5.41, 5.74) is 0.993. The maximum atomic E-state index is 12.4. The van der Waals surface area contributed by atoms with E-state index in [1.165, 1.54) is 18.2 Å². The summed E-state index contributed by atoms with van der Waals surface area (Å²) in [6.07, 6.45) is 0.119. The molecule has 1 aliphatic rings. The van der Waals surface area contributed by atoms with Crippen molar-refractivity contribution in [2.24, 2.45) is 5.92 Å². The quantitative estimate of drug-likeness (QED) is 0.643. The molecule has 1 N–H and O–H groups in total. The lowest BCUT2D eigenvalue weighted by Gasteiger charge is -2.16. The minimum absolute atomic E-state index is 0.00178. The SMILES string of the molecule is O=C(Nc1ccc(Cl)c([N+](=O)[O-])c1)C1CC(=O)N(Cc2ccccc2)C1. The lowest BCUT2D eigenvalue weighted by Crippen LogP contribution is -2.28. The number of anilines is 1. The molecule has 2 amide bonds. The molecular weight excluding hydrogens is 358 g/mol. The average Bonchev–Trinajstić information content (AvgIpc) is 2.98. The van der Waals surface area contributed by atoms with Crippen LogP contribution in [0.25, 0.3) is 0 Å². The molecular formula is C18H16ClN3O4. The monoisotopic (exact) mass is 373 g/mol. The Labute approximate surface area is 154 Å². The van der Waals surface area contributed by atoms with E-state index in [0.29, 0.717) is 13.1 Å². The number of nitrogens with one attached hydrogen (secondary N) is 1. The highest BCUT2D eigenvalue weighted by atomic mass is 35.5. The fraction of sp³-hybridized carbons (Fsp3) is 0.222. The van der Waals surface area contributed by atoms with E-state index in [2.05, 4.69) is 5.32 Å². The van der Waals surface area contributed by atoms with Gasteiger partial charge in [-0.15, -0.1) is 0 Å². The normalized spacial score (nSPS) is 16.6. The van der Waals surface area contributed by atoms with Crippen molar-refractivity contribution in [2.45, 2.75) is 13.0 Å². The second kappa shape index (κ2) is 7.53. The molecule has 1 atom stereocenters. The highest BCUT2D eigenvalue weighted by Crippen LogP contribution is 2.28. The summed E-state index contributed by atoms with van der Waals surface area (Å²) in [7, 11) is 0. The largest absolute Gasteiger partial charge is 0.338 e. The van der Waals surface area contributed by atoms with Crippen LogP contribution >= 0.6 is 11.6 Å². The molecule has 1 unspecified atom stereocenters. The van der Waals surface area contributed by atoms with Crippen LogP contribution in [-0.2, 0) is 16.1 Å². The van der Waals surface area contributed by atoms with Crippen LogP contribution in [0, 0.1) is 16.0 Å². The van der Waals surface area contributed by atoms with Crippen LogP contribution in [-0.4, -0.2) is 28.2 Å².